The van der Waals surface area contributed by atoms with E-state index in [1.54, 1.807) is 0 Å². The Balaban J connectivity index is 1.91. The summed E-state index contributed by atoms with van der Waals surface area (Å²) in [4.78, 5) is 8.93. The van der Waals surface area contributed by atoms with Crippen molar-refractivity contribution in [2.24, 2.45) is 5.41 Å². The first kappa shape index (κ1) is 15.3. The molecular formula is C16H27N3OS. The summed E-state index contributed by atoms with van der Waals surface area (Å²) in [5, 5.41) is 4.69. The van der Waals surface area contributed by atoms with Crippen molar-refractivity contribution in [1.29, 1.82) is 0 Å². The van der Waals surface area contributed by atoms with Gasteiger partial charge in [0.1, 0.15) is 0 Å². The molecule has 1 aliphatic heterocycles. The monoisotopic (exact) mass is 309 g/mol. The Morgan fingerprint density at radius 3 is 3.00 bits per heavy atom. The Hall–Kier alpha value is -0.650. The highest BCUT2D eigenvalue weighted by Gasteiger charge is 2.35. The summed E-state index contributed by atoms with van der Waals surface area (Å²) >= 11 is 1.89. The fraction of sp³-hybridized carbons (Fsp3) is 0.812. The van der Waals surface area contributed by atoms with Crippen molar-refractivity contribution in [2.45, 2.75) is 52.1 Å². The van der Waals surface area contributed by atoms with Gasteiger partial charge in [-0.1, -0.05) is 32.1 Å². The van der Waals surface area contributed by atoms with Gasteiger partial charge in [0, 0.05) is 17.5 Å². The van der Waals surface area contributed by atoms with E-state index in [0.717, 1.165) is 32.6 Å². The Morgan fingerprint density at radius 1 is 1.48 bits per heavy atom. The van der Waals surface area contributed by atoms with E-state index in [0.29, 0.717) is 17.5 Å². The number of ether oxygens (including phenoxy) is 1. The van der Waals surface area contributed by atoms with Crippen molar-refractivity contribution >= 4 is 16.5 Å². The number of hydrogen-bond donors (Lipinski definition) is 1. The van der Waals surface area contributed by atoms with Gasteiger partial charge in [0.15, 0.2) is 5.13 Å². The molecule has 1 aromatic rings. The molecule has 2 heterocycles. The van der Waals surface area contributed by atoms with E-state index in [4.69, 9.17) is 9.72 Å². The van der Waals surface area contributed by atoms with E-state index in [-0.39, 0.29) is 0 Å². The lowest BCUT2D eigenvalue weighted by Gasteiger charge is -2.34. The number of morpholine rings is 1. The molecule has 3 rings (SSSR count). The maximum absolute atomic E-state index is 5.62. The van der Waals surface area contributed by atoms with E-state index in [1.165, 1.54) is 22.1 Å². The van der Waals surface area contributed by atoms with Gasteiger partial charge in [0.2, 0.25) is 0 Å². The van der Waals surface area contributed by atoms with Gasteiger partial charge in [-0.25, -0.2) is 4.98 Å². The molecule has 1 fully saturated rings. The molecule has 2 aliphatic rings. The Bertz CT molecular complexity index is 500. The van der Waals surface area contributed by atoms with Crippen LogP contribution in [0.4, 0.5) is 5.13 Å². The second kappa shape index (κ2) is 5.86. The van der Waals surface area contributed by atoms with Crippen molar-refractivity contribution in [1.82, 2.24) is 10.3 Å². The summed E-state index contributed by atoms with van der Waals surface area (Å²) < 4.78 is 5.62. The fourth-order valence-corrected chi connectivity index (χ4v) is 4.81. The van der Waals surface area contributed by atoms with Gasteiger partial charge >= 0.3 is 0 Å². The van der Waals surface area contributed by atoms with E-state index >= 15 is 0 Å². The first-order valence-electron chi connectivity index (χ1n) is 8.05. The summed E-state index contributed by atoms with van der Waals surface area (Å²) in [7, 11) is 2.07. The van der Waals surface area contributed by atoms with E-state index in [9.17, 15) is 0 Å². The van der Waals surface area contributed by atoms with E-state index < -0.39 is 0 Å². The molecule has 0 radical (unpaired) electrons. The summed E-state index contributed by atoms with van der Waals surface area (Å²) in [5.74, 6) is 0. The topological polar surface area (TPSA) is 37.4 Å². The number of rotatable bonds is 3. The van der Waals surface area contributed by atoms with Gasteiger partial charge in [-0.05, 0) is 31.7 Å². The molecule has 21 heavy (non-hydrogen) atoms. The second-order valence-corrected chi connectivity index (χ2v) is 8.03. The molecule has 1 aliphatic carbocycles. The van der Waals surface area contributed by atoms with Crippen molar-refractivity contribution in [3.05, 3.63) is 10.6 Å². The lowest BCUT2D eigenvalue weighted by molar-refractivity contribution is 0.0929. The number of thiazole rings is 1. The van der Waals surface area contributed by atoms with Crippen LogP contribution >= 0.6 is 11.3 Å². The molecule has 0 aromatic carbocycles. The quantitative estimate of drug-likeness (QED) is 0.931. The van der Waals surface area contributed by atoms with Gasteiger partial charge in [-0.3, -0.25) is 0 Å². The van der Waals surface area contributed by atoms with Crippen molar-refractivity contribution < 1.29 is 4.74 Å². The molecule has 0 amide bonds. The highest BCUT2D eigenvalue weighted by atomic mass is 32.1. The number of anilines is 1. The molecule has 1 saturated heterocycles. The van der Waals surface area contributed by atoms with Crippen LogP contribution in [0.15, 0.2) is 0 Å². The predicted octanol–water partition coefficient (Wildman–Crippen LogP) is 2.99. The van der Waals surface area contributed by atoms with Gasteiger partial charge in [-0.2, -0.15) is 0 Å². The molecule has 1 N–H and O–H groups in total. The number of nitrogens with one attached hydrogen (secondary N) is 1. The Labute approximate surface area is 131 Å². The zero-order chi connectivity index (χ0) is 15.0. The third-order valence-electron chi connectivity index (χ3n) is 4.73. The van der Waals surface area contributed by atoms with Gasteiger partial charge in [0.25, 0.3) is 0 Å². The highest BCUT2D eigenvalue weighted by molar-refractivity contribution is 7.15. The van der Waals surface area contributed by atoms with Gasteiger partial charge in [-0.15, -0.1) is 0 Å². The third kappa shape index (κ3) is 2.96. The maximum Gasteiger partial charge on any atom is 0.186 e. The van der Waals surface area contributed by atoms with Crippen LogP contribution in [0.25, 0.3) is 0 Å². The molecule has 4 nitrogen and oxygen atoms in total. The number of nitrogens with zero attached hydrogens (tertiary/aromatic N) is 2. The lowest BCUT2D eigenvalue weighted by atomic mass is 9.76. The van der Waals surface area contributed by atoms with Gasteiger partial charge < -0.3 is 15.0 Å². The largest absolute Gasteiger partial charge is 0.377 e. The summed E-state index contributed by atoms with van der Waals surface area (Å²) in [5.41, 5.74) is 1.65. The molecule has 0 bridgehead atoms. The SMILES string of the molecule is CCC1COCCN1c1nc2c(s1)C(NC)CC(C)(C)C2. The highest BCUT2D eigenvalue weighted by Crippen LogP contribution is 2.45. The minimum absolute atomic E-state index is 0.335. The zero-order valence-corrected chi connectivity index (χ0v) is 14.4. The van der Waals surface area contributed by atoms with E-state index in [2.05, 4.69) is 38.0 Å². The van der Waals surface area contributed by atoms with Crippen molar-refractivity contribution in [3.63, 3.8) is 0 Å². The normalized spacial score (nSPS) is 28.5. The minimum Gasteiger partial charge on any atom is -0.377 e. The first-order valence-corrected chi connectivity index (χ1v) is 8.87. The van der Waals surface area contributed by atoms with Crippen molar-refractivity contribution in [3.8, 4) is 0 Å². The van der Waals surface area contributed by atoms with Crippen LogP contribution in [0, 0.1) is 5.41 Å². The fourth-order valence-electron chi connectivity index (χ4n) is 3.52. The average molecular weight is 309 g/mol. The molecule has 2 atom stereocenters. The smallest absolute Gasteiger partial charge is 0.186 e. The average Bonchev–Trinajstić information content (AvgIpc) is 2.88. The molecular weight excluding hydrogens is 282 g/mol. The van der Waals surface area contributed by atoms with Crippen LogP contribution in [-0.2, 0) is 11.2 Å². The Morgan fingerprint density at radius 2 is 2.29 bits per heavy atom. The van der Waals surface area contributed by atoms with Crippen LogP contribution in [-0.4, -0.2) is 37.8 Å². The van der Waals surface area contributed by atoms with Crippen LogP contribution in [0.2, 0.25) is 0 Å². The maximum atomic E-state index is 5.62. The third-order valence-corrected chi connectivity index (χ3v) is 5.98. The predicted molar refractivity (Wildman–Crippen MR) is 88.3 cm³/mol. The van der Waals surface area contributed by atoms with Gasteiger partial charge in [0.05, 0.1) is 24.9 Å². The number of hydrogen-bond acceptors (Lipinski definition) is 5. The number of fused-ring (bicyclic) bond motifs is 1. The van der Waals surface area contributed by atoms with Crippen LogP contribution in [0.1, 0.15) is 50.2 Å². The zero-order valence-electron chi connectivity index (χ0n) is 13.6. The van der Waals surface area contributed by atoms with Crippen molar-refractivity contribution in [2.75, 3.05) is 31.7 Å². The molecule has 5 heteroatoms. The first-order chi connectivity index (χ1) is 10.0. The summed E-state index contributed by atoms with van der Waals surface area (Å²) in [6, 6.07) is 0.934. The minimum atomic E-state index is 0.335. The van der Waals surface area contributed by atoms with Crippen LogP contribution in [0.3, 0.4) is 0 Å². The summed E-state index contributed by atoms with van der Waals surface area (Å²) in [6.45, 7) is 9.56. The molecule has 0 saturated carbocycles. The standard InChI is InChI=1S/C16H27N3OS/c1-5-11-10-20-7-6-19(11)15-18-13-9-16(2,3)8-12(17-4)14(13)21-15/h11-12,17H,5-10H2,1-4H3. The molecule has 1 aromatic heterocycles. The molecule has 0 spiro atoms. The van der Waals surface area contributed by atoms with Crippen LogP contribution in [0.5, 0.6) is 0 Å². The summed E-state index contributed by atoms with van der Waals surface area (Å²) in [6.07, 6.45) is 3.40. The molecule has 2 unspecified atom stereocenters. The number of aromatic nitrogens is 1. The lowest BCUT2D eigenvalue weighted by Crippen LogP contribution is -2.45. The molecule has 118 valence electrons. The van der Waals surface area contributed by atoms with E-state index in [1.807, 2.05) is 11.3 Å². The van der Waals surface area contributed by atoms with Crippen LogP contribution < -0.4 is 10.2 Å². The second-order valence-electron chi connectivity index (χ2n) is 7.02. The Kier molecular flexibility index (Phi) is 4.26.